The van der Waals surface area contributed by atoms with Crippen LogP contribution in [-0.4, -0.2) is 69.0 Å². The van der Waals surface area contributed by atoms with Gasteiger partial charge in [0, 0.05) is 12.1 Å². The minimum absolute atomic E-state index is 0.00418. The molecule has 2 aliphatic heterocycles. The average Bonchev–Trinajstić information content (AvgIpc) is 4.09. The molecule has 2 saturated heterocycles. The Kier molecular flexibility index (Phi) is 10.9. The first-order valence-corrected chi connectivity index (χ1v) is 17.0. The molecule has 3 heterocycles. The lowest BCUT2D eigenvalue weighted by Gasteiger charge is -2.14. The monoisotopic (exact) mass is 675 g/mol. The maximum atomic E-state index is 6.05. The fourth-order valence-corrected chi connectivity index (χ4v) is 5.06. The molecule has 9 nitrogen and oxygen atoms in total. The molecule has 9 heteroatoms. The zero-order valence-corrected chi connectivity index (χ0v) is 28.2. The van der Waals surface area contributed by atoms with Crippen LogP contribution >= 0.6 is 0 Å². The second-order valence-corrected chi connectivity index (χ2v) is 12.4. The van der Waals surface area contributed by atoms with Gasteiger partial charge in [-0.2, -0.15) is 4.98 Å². The Labute approximate surface area is 292 Å². The zero-order valence-electron chi connectivity index (χ0n) is 28.2. The lowest BCUT2D eigenvalue weighted by atomic mass is 10.1. The van der Waals surface area contributed by atoms with Gasteiger partial charge in [-0.25, -0.2) is 0 Å². The molecule has 0 radical (unpaired) electrons. The van der Waals surface area contributed by atoms with Crippen LogP contribution in [0, 0.1) is 0 Å². The van der Waals surface area contributed by atoms with E-state index in [4.69, 9.17) is 37.9 Å². The summed E-state index contributed by atoms with van der Waals surface area (Å²) in [5.41, 5.74) is 4.29. The summed E-state index contributed by atoms with van der Waals surface area (Å²) in [6.07, 6.45) is 0.518. The molecule has 258 valence electrons. The van der Waals surface area contributed by atoms with Crippen molar-refractivity contribution in [2.75, 3.05) is 39.6 Å². The fraction of sp³-hybridized carbons (Fsp3) is 0.293. The average molecular weight is 676 g/mol. The summed E-state index contributed by atoms with van der Waals surface area (Å²) in [7, 11) is 0. The first-order chi connectivity index (χ1) is 24.5. The van der Waals surface area contributed by atoms with Gasteiger partial charge >= 0.3 is 0 Å². The van der Waals surface area contributed by atoms with Crippen molar-refractivity contribution in [3.8, 4) is 57.0 Å². The largest absolute Gasteiger partial charge is 0.491 e. The van der Waals surface area contributed by atoms with E-state index in [0.717, 1.165) is 47.0 Å². The van der Waals surface area contributed by atoms with Crippen molar-refractivity contribution in [3.05, 3.63) is 115 Å². The number of aromatic nitrogens is 1. The van der Waals surface area contributed by atoms with E-state index in [1.165, 1.54) is 0 Å². The number of nitrogens with zero attached hydrogens (tertiary/aromatic N) is 1. The molecule has 0 saturated carbocycles. The van der Waals surface area contributed by atoms with Crippen LogP contribution in [0.3, 0.4) is 0 Å². The van der Waals surface area contributed by atoms with E-state index >= 15 is 0 Å². The van der Waals surface area contributed by atoms with E-state index in [-0.39, 0.29) is 24.4 Å². The molecule has 2 aliphatic rings. The van der Waals surface area contributed by atoms with Crippen molar-refractivity contribution in [1.29, 1.82) is 0 Å². The first-order valence-electron chi connectivity index (χ1n) is 17.0. The van der Waals surface area contributed by atoms with Crippen molar-refractivity contribution in [3.63, 3.8) is 0 Å². The van der Waals surface area contributed by atoms with Crippen molar-refractivity contribution in [2.45, 2.75) is 38.3 Å². The van der Waals surface area contributed by atoms with E-state index in [1.807, 2.05) is 117 Å². The summed E-state index contributed by atoms with van der Waals surface area (Å²) in [5, 5.41) is 0. The van der Waals surface area contributed by atoms with Crippen LogP contribution in [-0.2, 0) is 18.9 Å². The van der Waals surface area contributed by atoms with Gasteiger partial charge in [-0.15, -0.1) is 0 Å². The number of epoxide rings is 2. The van der Waals surface area contributed by atoms with Gasteiger partial charge < -0.3 is 37.9 Å². The summed E-state index contributed by atoms with van der Waals surface area (Å²) in [6, 6.07) is 37.3. The molecular formula is C41H41NO8. The molecule has 0 amide bonds. The summed E-state index contributed by atoms with van der Waals surface area (Å²) in [5.74, 6) is 3.85. The van der Waals surface area contributed by atoms with Gasteiger partial charge in [0.05, 0.1) is 38.6 Å². The zero-order chi connectivity index (χ0) is 34.1. The Balaban J connectivity index is 0.875. The van der Waals surface area contributed by atoms with E-state index in [2.05, 4.69) is 4.98 Å². The topological polar surface area (TPSA) is 93.3 Å². The molecular weight excluding hydrogens is 634 g/mol. The van der Waals surface area contributed by atoms with Crippen LogP contribution in [0.1, 0.15) is 13.8 Å². The van der Waals surface area contributed by atoms with Crippen LogP contribution in [0.4, 0.5) is 0 Å². The molecule has 0 aliphatic carbocycles. The molecule has 4 aromatic carbocycles. The van der Waals surface area contributed by atoms with Crippen molar-refractivity contribution in [1.82, 2.24) is 4.98 Å². The van der Waals surface area contributed by atoms with Crippen LogP contribution in [0.5, 0.6) is 34.8 Å². The van der Waals surface area contributed by atoms with E-state index in [0.29, 0.717) is 49.7 Å². The van der Waals surface area contributed by atoms with Crippen molar-refractivity contribution in [2.24, 2.45) is 0 Å². The van der Waals surface area contributed by atoms with E-state index in [1.54, 1.807) is 12.1 Å². The lowest BCUT2D eigenvalue weighted by molar-refractivity contribution is 0.0241. The van der Waals surface area contributed by atoms with Gasteiger partial charge in [-0.1, -0.05) is 54.6 Å². The maximum Gasteiger partial charge on any atom is 0.222 e. The third kappa shape index (κ3) is 10.1. The normalized spacial score (nSPS) is 17.4. The quantitative estimate of drug-likeness (QED) is 0.0850. The summed E-state index contributed by atoms with van der Waals surface area (Å²) >= 11 is 0. The Morgan fingerprint density at radius 1 is 0.520 bits per heavy atom. The molecule has 0 bridgehead atoms. The molecule has 0 spiro atoms. The van der Waals surface area contributed by atoms with Gasteiger partial charge in [-0.05, 0) is 84.6 Å². The molecule has 0 N–H and O–H groups in total. The summed E-state index contributed by atoms with van der Waals surface area (Å²) < 4.78 is 45.7. The lowest BCUT2D eigenvalue weighted by Crippen LogP contribution is -2.20. The number of hydrogen-bond donors (Lipinski definition) is 0. The third-order valence-electron chi connectivity index (χ3n) is 8.13. The van der Waals surface area contributed by atoms with E-state index in [9.17, 15) is 0 Å². The van der Waals surface area contributed by atoms with Crippen molar-refractivity contribution < 1.29 is 37.9 Å². The highest BCUT2D eigenvalue weighted by Crippen LogP contribution is 2.30. The van der Waals surface area contributed by atoms with Crippen molar-refractivity contribution >= 4 is 0 Å². The molecule has 50 heavy (non-hydrogen) atoms. The van der Waals surface area contributed by atoms with Crippen LogP contribution in [0.25, 0.3) is 22.3 Å². The highest BCUT2D eigenvalue weighted by atomic mass is 16.6. The van der Waals surface area contributed by atoms with Crippen LogP contribution < -0.4 is 18.9 Å². The third-order valence-corrected chi connectivity index (χ3v) is 8.13. The Morgan fingerprint density at radius 2 is 0.860 bits per heavy atom. The molecule has 7 rings (SSSR count). The molecule has 1 aromatic heterocycles. The molecule has 4 unspecified atom stereocenters. The molecule has 5 aromatic rings. The summed E-state index contributed by atoms with van der Waals surface area (Å²) in [4.78, 5) is 4.55. The van der Waals surface area contributed by atoms with Crippen LogP contribution in [0.15, 0.2) is 115 Å². The van der Waals surface area contributed by atoms with Gasteiger partial charge in [0.1, 0.15) is 48.4 Å². The Hall–Kier alpha value is -4.93. The van der Waals surface area contributed by atoms with Gasteiger partial charge in [0.25, 0.3) is 0 Å². The highest BCUT2D eigenvalue weighted by Gasteiger charge is 2.24. The number of hydrogen-bond acceptors (Lipinski definition) is 9. The number of ether oxygens (including phenoxy) is 8. The van der Waals surface area contributed by atoms with Crippen LogP contribution in [0.2, 0.25) is 0 Å². The Morgan fingerprint density at radius 3 is 1.20 bits per heavy atom. The minimum Gasteiger partial charge on any atom is -0.491 e. The SMILES string of the molecule is CC(COc1ccc(-c2ccc(Oc3cccc(Oc4ccc(-c5ccc(OCC(C)OCC6CO6)cc5)cc4)n3)cc2)cc1)OCC1CO1. The minimum atomic E-state index is 0.00418. The van der Waals surface area contributed by atoms with Gasteiger partial charge in [0.2, 0.25) is 11.8 Å². The second kappa shape index (κ2) is 16.2. The van der Waals surface area contributed by atoms with Gasteiger partial charge in [-0.3, -0.25) is 0 Å². The number of pyridine rings is 1. The Bertz CT molecular complexity index is 1660. The highest BCUT2D eigenvalue weighted by molar-refractivity contribution is 5.66. The number of rotatable bonds is 18. The first kappa shape index (κ1) is 33.6. The van der Waals surface area contributed by atoms with E-state index < -0.39 is 0 Å². The standard InChI is InChI=1S/C41H41NO8/c1-28(43-24-38-26-47-38)22-45-34-14-6-30(7-15-34)32-10-18-36(19-11-32)49-40-4-3-5-41(42-40)50-37-20-12-33(13-21-37)31-8-16-35(17-9-31)46-23-29(2)44-25-39-27-48-39/h3-21,28-29,38-39H,22-27H2,1-2H3. The fourth-order valence-electron chi connectivity index (χ4n) is 5.06. The molecule has 2 fully saturated rings. The molecule has 4 atom stereocenters. The second-order valence-electron chi connectivity index (χ2n) is 12.4. The summed E-state index contributed by atoms with van der Waals surface area (Å²) in [6.45, 7) is 7.81. The predicted octanol–water partition coefficient (Wildman–Crippen LogP) is 8.37. The smallest absolute Gasteiger partial charge is 0.222 e. The predicted molar refractivity (Wildman–Crippen MR) is 189 cm³/mol. The maximum absolute atomic E-state index is 6.05. The van der Waals surface area contributed by atoms with Gasteiger partial charge in [0.15, 0.2) is 0 Å². The number of benzene rings is 4.